The highest BCUT2D eigenvalue weighted by Crippen LogP contribution is 2.13. The Bertz CT molecular complexity index is 632. The number of ether oxygens (including phenoxy) is 1. The van der Waals surface area contributed by atoms with Crippen LogP contribution in [0.15, 0.2) is 42.5 Å². The first kappa shape index (κ1) is 16.1. The van der Waals surface area contributed by atoms with E-state index in [1.807, 2.05) is 45.0 Å². The largest absolute Gasteiger partial charge is 0.494 e. The molecule has 1 N–H and O–H groups in total. The molecule has 0 fully saturated rings. The third-order valence-corrected chi connectivity index (χ3v) is 3.58. The molecule has 0 spiro atoms. The van der Waals surface area contributed by atoms with Gasteiger partial charge in [0.1, 0.15) is 5.75 Å². The Hall–Kier alpha value is -2.29. The first-order chi connectivity index (χ1) is 10.6. The van der Waals surface area contributed by atoms with Gasteiger partial charge in [0.05, 0.1) is 13.0 Å². The Labute approximate surface area is 132 Å². The van der Waals surface area contributed by atoms with Crippen LogP contribution in [0, 0.1) is 13.8 Å². The fourth-order valence-corrected chi connectivity index (χ4v) is 2.30. The predicted molar refractivity (Wildman–Crippen MR) is 89.1 cm³/mol. The summed E-state index contributed by atoms with van der Waals surface area (Å²) in [7, 11) is 0. The molecule has 0 bridgehead atoms. The summed E-state index contributed by atoms with van der Waals surface area (Å²) in [5.74, 6) is 0.899. The van der Waals surface area contributed by atoms with Crippen molar-refractivity contribution in [3.63, 3.8) is 0 Å². The van der Waals surface area contributed by atoms with E-state index in [-0.39, 0.29) is 5.91 Å². The number of carbonyl (C=O) groups is 1. The maximum Gasteiger partial charge on any atom is 0.224 e. The van der Waals surface area contributed by atoms with Crippen LogP contribution in [0.3, 0.4) is 0 Å². The first-order valence-corrected chi connectivity index (χ1v) is 7.63. The van der Waals surface area contributed by atoms with E-state index in [1.165, 1.54) is 5.56 Å². The predicted octanol–water partition coefficient (Wildman–Crippen LogP) is 3.56. The van der Waals surface area contributed by atoms with Gasteiger partial charge in [-0.2, -0.15) is 0 Å². The highest BCUT2D eigenvalue weighted by molar-refractivity contribution is 5.79. The fourth-order valence-electron chi connectivity index (χ4n) is 2.30. The molecule has 2 aromatic rings. The molecule has 0 aliphatic carbocycles. The van der Waals surface area contributed by atoms with Gasteiger partial charge < -0.3 is 10.1 Å². The van der Waals surface area contributed by atoms with Crippen molar-refractivity contribution in [1.82, 2.24) is 5.32 Å². The lowest BCUT2D eigenvalue weighted by Gasteiger charge is -2.09. The quantitative estimate of drug-likeness (QED) is 0.885. The molecule has 0 unspecified atom stereocenters. The van der Waals surface area contributed by atoms with Crippen molar-refractivity contribution in [2.24, 2.45) is 0 Å². The van der Waals surface area contributed by atoms with E-state index in [0.717, 1.165) is 22.4 Å². The number of rotatable bonds is 6. The molecule has 0 aliphatic heterocycles. The molecular formula is C19H23NO2. The minimum Gasteiger partial charge on any atom is -0.494 e. The van der Waals surface area contributed by atoms with Gasteiger partial charge in [-0.15, -0.1) is 0 Å². The zero-order valence-corrected chi connectivity index (χ0v) is 13.5. The zero-order chi connectivity index (χ0) is 15.9. The minimum atomic E-state index is 0.0441. The Morgan fingerprint density at radius 3 is 2.50 bits per heavy atom. The lowest BCUT2D eigenvalue weighted by molar-refractivity contribution is -0.120. The monoisotopic (exact) mass is 297 g/mol. The molecule has 2 aromatic carbocycles. The number of aryl methyl sites for hydroxylation is 2. The zero-order valence-electron chi connectivity index (χ0n) is 13.5. The first-order valence-electron chi connectivity index (χ1n) is 7.63. The second-order valence-corrected chi connectivity index (χ2v) is 5.46. The Morgan fingerprint density at radius 2 is 1.82 bits per heavy atom. The second-order valence-electron chi connectivity index (χ2n) is 5.46. The highest BCUT2D eigenvalue weighted by atomic mass is 16.5. The molecule has 0 aliphatic rings. The summed E-state index contributed by atoms with van der Waals surface area (Å²) in [6.07, 6.45) is 0.421. The van der Waals surface area contributed by atoms with Crippen LogP contribution in [0.2, 0.25) is 0 Å². The van der Waals surface area contributed by atoms with Gasteiger partial charge in [-0.05, 0) is 49.6 Å². The van der Waals surface area contributed by atoms with Gasteiger partial charge in [-0.25, -0.2) is 0 Å². The molecule has 22 heavy (non-hydrogen) atoms. The Kier molecular flexibility index (Phi) is 5.59. The van der Waals surface area contributed by atoms with Crippen LogP contribution in [0.1, 0.15) is 29.2 Å². The summed E-state index contributed by atoms with van der Waals surface area (Å²) in [6, 6.07) is 14.0. The van der Waals surface area contributed by atoms with Crippen LogP contribution in [0.4, 0.5) is 0 Å². The molecule has 0 aromatic heterocycles. The molecule has 0 saturated heterocycles. The standard InChI is InChI=1S/C19H23NO2/c1-4-22-18-9-7-16(8-10-18)13-20-19(21)12-17-11-14(2)5-6-15(17)3/h5-11H,4,12-13H2,1-3H3,(H,20,21). The number of amides is 1. The van der Waals surface area contributed by atoms with Crippen LogP contribution < -0.4 is 10.1 Å². The molecule has 2 rings (SSSR count). The minimum absolute atomic E-state index is 0.0441. The normalized spacial score (nSPS) is 10.3. The van der Waals surface area contributed by atoms with E-state index in [0.29, 0.717) is 19.6 Å². The summed E-state index contributed by atoms with van der Waals surface area (Å²) in [5.41, 5.74) is 4.49. The molecule has 116 valence electrons. The van der Waals surface area contributed by atoms with Crippen LogP contribution in [0.5, 0.6) is 5.75 Å². The number of hydrogen-bond acceptors (Lipinski definition) is 2. The van der Waals surface area contributed by atoms with Crippen molar-refractivity contribution in [2.75, 3.05) is 6.61 Å². The number of nitrogens with one attached hydrogen (secondary N) is 1. The summed E-state index contributed by atoms with van der Waals surface area (Å²) in [5, 5.41) is 2.97. The highest BCUT2D eigenvalue weighted by Gasteiger charge is 2.06. The van der Waals surface area contributed by atoms with Gasteiger partial charge in [0.25, 0.3) is 0 Å². The fraction of sp³-hybridized carbons (Fsp3) is 0.316. The van der Waals surface area contributed by atoms with Gasteiger partial charge in [-0.1, -0.05) is 35.9 Å². The molecule has 3 nitrogen and oxygen atoms in total. The second kappa shape index (κ2) is 7.64. The van der Waals surface area contributed by atoms with Crippen LogP contribution in [-0.2, 0) is 17.8 Å². The molecule has 0 atom stereocenters. The maximum absolute atomic E-state index is 12.1. The lowest BCUT2D eigenvalue weighted by atomic mass is 10.0. The van der Waals surface area contributed by atoms with Crippen molar-refractivity contribution < 1.29 is 9.53 Å². The smallest absolute Gasteiger partial charge is 0.224 e. The molecule has 3 heteroatoms. The van der Waals surface area contributed by atoms with E-state index < -0.39 is 0 Å². The molecule has 0 heterocycles. The summed E-state index contributed by atoms with van der Waals surface area (Å²) < 4.78 is 5.40. The van der Waals surface area contributed by atoms with Crippen molar-refractivity contribution in [2.45, 2.75) is 33.7 Å². The Morgan fingerprint density at radius 1 is 1.09 bits per heavy atom. The van der Waals surface area contributed by atoms with E-state index in [9.17, 15) is 4.79 Å². The van der Waals surface area contributed by atoms with Crippen molar-refractivity contribution in [1.29, 1.82) is 0 Å². The molecule has 0 saturated carbocycles. The van der Waals surface area contributed by atoms with Crippen LogP contribution in [-0.4, -0.2) is 12.5 Å². The average Bonchev–Trinajstić information content (AvgIpc) is 2.51. The van der Waals surface area contributed by atoms with Gasteiger partial charge in [0.15, 0.2) is 0 Å². The average molecular weight is 297 g/mol. The van der Waals surface area contributed by atoms with Crippen LogP contribution >= 0.6 is 0 Å². The van der Waals surface area contributed by atoms with Crippen molar-refractivity contribution in [3.05, 3.63) is 64.7 Å². The van der Waals surface area contributed by atoms with E-state index >= 15 is 0 Å². The van der Waals surface area contributed by atoms with Crippen molar-refractivity contribution in [3.8, 4) is 5.75 Å². The van der Waals surface area contributed by atoms with Gasteiger partial charge in [0.2, 0.25) is 5.91 Å². The maximum atomic E-state index is 12.1. The van der Waals surface area contributed by atoms with E-state index in [4.69, 9.17) is 4.74 Å². The Balaban J connectivity index is 1.88. The number of hydrogen-bond donors (Lipinski definition) is 1. The summed E-state index contributed by atoms with van der Waals surface area (Å²) >= 11 is 0. The van der Waals surface area contributed by atoms with E-state index in [1.54, 1.807) is 0 Å². The third-order valence-electron chi connectivity index (χ3n) is 3.58. The van der Waals surface area contributed by atoms with Gasteiger partial charge >= 0.3 is 0 Å². The van der Waals surface area contributed by atoms with Crippen molar-refractivity contribution >= 4 is 5.91 Å². The SMILES string of the molecule is CCOc1ccc(CNC(=O)Cc2cc(C)ccc2C)cc1. The number of carbonyl (C=O) groups excluding carboxylic acids is 1. The molecular weight excluding hydrogens is 274 g/mol. The third kappa shape index (κ3) is 4.62. The summed E-state index contributed by atoms with van der Waals surface area (Å²) in [6.45, 7) is 7.23. The molecule has 0 radical (unpaired) electrons. The van der Waals surface area contributed by atoms with E-state index in [2.05, 4.69) is 23.5 Å². The summed E-state index contributed by atoms with van der Waals surface area (Å²) in [4.78, 5) is 12.1. The van der Waals surface area contributed by atoms with Gasteiger partial charge in [0, 0.05) is 6.54 Å². The topological polar surface area (TPSA) is 38.3 Å². The van der Waals surface area contributed by atoms with Gasteiger partial charge in [-0.3, -0.25) is 4.79 Å². The number of benzene rings is 2. The molecule has 1 amide bonds. The van der Waals surface area contributed by atoms with Crippen LogP contribution in [0.25, 0.3) is 0 Å². The lowest BCUT2D eigenvalue weighted by Crippen LogP contribution is -2.24.